The molecule has 0 fully saturated rings. The van der Waals surface area contributed by atoms with Gasteiger partial charge in [0.2, 0.25) is 5.95 Å². The van der Waals surface area contributed by atoms with Gasteiger partial charge >= 0.3 is 6.09 Å². The van der Waals surface area contributed by atoms with Crippen LogP contribution < -0.4 is 26.4 Å². The van der Waals surface area contributed by atoms with Crippen LogP contribution in [0.4, 0.5) is 31.0 Å². The number of hydrogen-bond acceptors (Lipinski definition) is 8. The van der Waals surface area contributed by atoms with Crippen LogP contribution in [0.1, 0.15) is 26.0 Å². The van der Waals surface area contributed by atoms with Crippen molar-refractivity contribution < 1.29 is 27.8 Å². The molecule has 4 rings (SSSR count). The molecule has 1 aliphatic carbocycles. The third-order valence-electron chi connectivity index (χ3n) is 6.46. The van der Waals surface area contributed by atoms with Crippen molar-refractivity contribution in [2.24, 2.45) is 5.92 Å². The monoisotopic (exact) mass is 514 g/mol. The molecule has 2 aliphatic rings. The predicted octanol–water partition coefficient (Wildman–Crippen LogP) is 3.44. The van der Waals surface area contributed by atoms with Gasteiger partial charge in [-0.25, -0.2) is 18.6 Å². The van der Waals surface area contributed by atoms with Crippen LogP contribution >= 0.6 is 0 Å². The fourth-order valence-electron chi connectivity index (χ4n) is 4.61. The molecule has 0 saturated heterocycles. The topological polar surface area (TPSA) is 146 Å². The van der Waals surface area contributed by atoms with E-state index in [0.717, 1.165) is 6.08 Å². The molecule has 0 spiro atoms. The second-order valence-corrected chi connectivity index (χ2v) is 8.86. The third kappa shape index (κ3) is 4.91. The smallest absolute Gasteiger partial charge is 0.406 e. The van der Waals surface area contributed by atoms with Crippen molar-refractivity contribution in [3.8, 4) is 16.9 Å². The van der Waals surface area contributed by atoms with Crippen LogP contribution in [0.25, 0.3) is 11.1 Å². The Kier molecular flexibility index (Phi) is 7.01. The fraction of sp³-hybridized carbons (Fsp3) is 0.360. The highest BCUT2D eigenvalue weighted by molar-refractivity contribution is 6.04. The fourth-order valence-corrected chi connectivity index (χ4v) is 4.61. The lowest BCUT2D eigenvalue weighted by Crippen LogP contribution is -2.59. The first-order valence-corrected chi connectivity index (χ1v) is 11.7. The number of hydrogen-bond donors (Lipinski definition) is 3. The molecule has 0 radical (unpaired) electrons. The van der Waals surface area contributed by atoms with Crippen molar-refractivity contribution in [3.63, 3.8) is 0 Å². The molecule has 196 valence electrons. The molecule has 0 saturated carbocycles. The summed E-state index contributed by atoms with van der Waals surface area (Å²) in [5.74, 6) is -2.34. The molecule has 1 aromatic heterocycles. The van der Waals surface area contributed by atoms with Gasteiger partial charge in [0.15, 0.2) is 5.60 Å². The van der Waals surface area contributed by atoms with Crippen molar-refractivity contribution in [1.29, 1.82) is 0 Å². The number of fused-ring (bicyclic) bond motifs is 1. The van der Waals surface area contributed by atoms with Crippen LogP contribution in [0, 0.1) is 5.92 Å². The van der Waals surface area contributed by atoms with Crippen molar-refractivity contribution in [3.05, 3.63) is 47.7 Å². The standard InChI is InChI=1S/C25H28F2N6O4/c1-4-17-20(21(28)32-23(29)31-17)13-5-6-19-18(9-13)33(8-7-30-24(35)36-3)22(34)25(2,37-19)14-10-15(26)12-16(27)11-14/h5-6,9-10,12,14H,4,7-8,11H2,1-3H3,(H,30,35)(H4,28,29,31,32)/t14?,25-/m0/s1. The Hall–Kier alpha value is -4.22. The Morgan fingerprint density at radius 2 is 2.08 bits per heavy atom. The van der Waals surface area contributed by atoms with Crippen LogP contribution in [0.5, 0.6) is 5.75 Å². The normalized spacial score (nSPS) is 20.9. The van der Waals surface area contributed by atoms with Crippen molar-refractivity contribution >= 4 is 29.5 Å². The Bertz CT molecular complexity index is 1310. The molecule has 2 amide bonds. The largest absolute Gasteiger partial charge is 0.475 e. The van der Waals surface area contributed by atoms with Gasteiger partial charge in [-0.1, -0.05) is 13.0 Å². The zero-order chi connectivity index (χ0) is 26.9. The molecule has 12 heteroatoms. The van der Waals surface area contributed by atoms with E-state index < -0.39 is 35.2 Å². The molecule has 1 unspecified atom stereocenters. The van der Waals surface area contributed by atoms with Gasteiger partial charge in [0, 0.05) is 37.1 Å². The summed E-state index contributed by atoms with van der Waals surface area (Å²) in [5, 5.41) is 2.54. The first kappa shape index (κ1) is 25.9. The van der Waals surface area contributed by atoms with Gasteiger partial charge in [-0.2, -0.15) is 4.98 Å². The van der Waals surface area contributed by atoms with Crippen LogP contribution in [0.2, 0.25) is 0 Å². The molecule has 5 N–H and O–H groups in total. The summed E-state index contributed by atoms with van der Waals surface area (Å²) < 4.78 is 39.0. The summed E-state index contributed by atoms with van der Waals surface area (Å²) in [7, 11) is 1.23. The van der Waals surface area contributed by atoms with E-state index in [9.17, 15) is 18.4 Å². The minimum absolute atomic E-state index is 0.0366. The number of nitrogens with one attached hydrogen (secondary N) is 1. The minimum atomic E-state index is -1.61. The molecule has 0 bridgehead atoms. The average Bonchev–Trinajstić information content (AvgIpc) is 2.85. The van der Waals surface area contributed by atoms with Crippen LogP contribution in [0.3, 0.4) is 0 Å². The number of carbonyl (C=O) groups excluding carboxylic acids is 2. The Labute approximate surface area is 212 Å². The number of ether oxygens (including phenoxy) is 2. The van der Waals surface area contributed by atoms with E-state index in [1.54, 1.807) is 18.2 Å². The molecule has 10 nitrogen and oxygen atoms in total. The highest BCUT2D eigenvalue weighted by Crippen LogP contribution is 2.46. The maximum atomic E-state index is 14.1. The minimum Gasteiger partial charge on any atom is -0.475 e. The number of carbonyl (C=O) groups is 2. The number of nitrogens with zero attached hydrogens (tertiary/aromatic N) is 3. The van der Waals surface area contributed by atoms with Gasteiger partial charge in [0.05, 0.1) is 18.5 Å². The van der Waals surface area contributed by atoms with Gasteiger partial charge in [-0.3, -0.25) is 4.79 Å². The molecule has 1 aromatic carbocycles. The number of amides is 2. The SMILES string of the molecule is CCc1nc(N)nc(N)c1-c1ccc2c(c1)N(CCNC(=O)OC)C(=O)[C@](C)(C1C=C(F)C=C(F)C1)O2. The number of nitrogen functional groups attached to an aromatic ring is 2. The highest BCUT2D eigenvalue weighted by Gasteiger charge is 2.50. The lowest BCUT2D eigenvalue weighted by atomic mass is 9.81. The van der Waals surface area contributed by atoms with Gasteiger partial charge in [0.1, 0.15) is 23.2 Å². The van der Waals surface area contributed by atoms with E-state index in [-0.39, 0.29) is 31.3 Å². The first-order chi connectivity index (χ1) is 17.6. The maximum absolute atomic E-state index is 14.1. The van der Waals surface area contributed by atoms with Crippen molar-refractivity contribution in [2.45, 2.75) is 32.3 Å². The summed E-state index contributed by atoms with van der Waals surface area (Å²) in [5.41, 5.74) is 12.5. The number of nitrogens with two attached hydrogens (primary N) is 2. The number of halogens is 2. The molecule has 2 aromatic rings. The zero-order valence-electron chi connectivity index (χ0n) is 20.7. The molecule has 37 heavy (non-hydrogen) atoms. The number of allylic oxidation sites excluding steroid dienone is 3. The molecule has 2 atom stereocenters. The van der Waals surface area contributed by atoms with E-state index in [1.165, 1.54) is 25.0 Å². The van der Waals surface area contributed by atoms with E-state index in [4.69, 9.17) is 16.2 Å². The lowest BCUT2D eigenvalue weighted by Gasteiger charge is -2.44. The number of aromatic nitrogens is 2. The van der Waals surface area contributed by atoms with E-state index in [1.807, 2.05) is 6.92 Å². The van der Waals surface area contributed by atoms with Crippen LogP contribution in [-0.4, -0.2) is 47.8 Å². The summed E-state index contributed by atoms with van der Waals surface area (Å²) in [4.78, 5) is 35.2. The summed E-state index contributed by atoms with van der Waals surface area (Å²) in [6, 6.07) is 5.09. The quantitative estimate of drug-likeness (QED) is 0.532. The van der Waals surface area contributed by atoms with Crippen LogP contribution in [0.15, 0.2) is 42.0 Å². The Morgan fingerprint density at radius 1 is 1.32 bits per heavy atom. The second kappa shape index (κ2) is 10.0. The average molecular weight is 515 g/mol. The molecular formula is C25H28F2N6O4. The van der Waals surface area contributed by atoms with E-state index in [2.05, 4.69) is 20.0 Å². The Morgan fingerprint density at radius 3 is 2.76 bits per heavy atom. The van der Waals surface area contributed by atoms with E-state index in [0.29, 0.717) is 34.7 Å². The third-order valence-corrected chi connectivity index (χ3v) is 6.46. The Balaban J connectivity index is 1.79. The van der Waals surface area contributed by atoms with Gasteiger partial charge in [-0.15, -0.1) is 0 Å². The zero-order valence-corrected chi connectivity index (χ0v) is 20.7. The number of rotatable bonds is 6. The maximum Gasteiger partial charge on any atom is 0.406 e. The van der Waals surface area contributed by atoms with Gasteiger partial charge in [0.25, 0.3) is 5.91 Å². The lowest BCUT2D eigenvalue weighted by molar-refractivity contribution is -0.137. The molecule has 1 aliphatic heterocycles. The van der Waals surface area contributed by atoms with E-state index >= 15 is 0 Å². The van der Waals surface area contributed by atoms with Crippen molar-refractivity contribution in [1.82, 2.24) is 15.3 Å². The summed E-state index contributed by atoms with van der Waals surface area (Å²) >= 11 is 0. The second-order valence-electron chi connectivity index (χ2n) is 8.86. The highest BCUT2D eigenvalue weighted by atomic mass is 19.1. The predicted molar refractivity (Wildman–Crippen MR) is 134 cm³/mol. The van der Waals surface area contributed by atoms with Crippen LogP contribution in [-0.2, 0) is 16.0 Å². The number of methoxy groups -OCH3 is 1. The van der Waals surface area contributed by atoms with Gasteiger partial charge < -0.3 is 31.2 Å². The summed E-state index contributed by atoms with van der Waals surface area (Å²) in [6.45, 7) is 3.49. The van der Waals surface area contributed by atoms with Gasteiger partial charge in [-0.05, 0) is 37.1 Å². The number of anilines is 3. The summed E-state index contributed by atoms with van der Waals surface area (Å²) in [6.07, 6.45) is 1.64. The molecular weight excluding hydrogens is 486 g/mol. The first-order valence-electron chi connectivity index (χ1n) is 11.7. The van der Waals surface area contributed by atoms with Crippen molar-refractivity contribution in [2.75, 3.05) is 36.6 Å². The molecule has 2 heterocycles. The number of aryl methyl sites for hydroxylation is 1. The number of alkyl carbamates (subject to hydrolysis) is 1. The number of benzene rings is 1.